The Bertz CT molecular complexity index is 1710. The van der Waals surface area contributed by atoms with Gasteiger partial charge in [0, 0.05) is 12.5 Å². The van der Waals surface area contributed by atoms with Crippen LogP contribution < -0.4 is 20.0 Å². The molecule has 2 aliphatic heterocycles. The highest BCUT2D eigenvalue weighted by Gasteiger charge is 2.38. The summed E-state index contributed by atoms with van der Waals surface area (Å²) in [4.78, 5) is 62.1. The molecule has 0 fully saturated rings. The van der Waals surface area contributed by atoms with Crippen LogP contribution in [0.2, 0.25) is 0 Å². The third-order valence-corrected chi connectivity index (χ3v) is 7.10. The lowest BCUT2D eigenvalue weighted by molar-refractivity contribution is -0.146. The molecular formula is C28H23N3O6S. The second-order valence-electron chi connectivity index (χ2n) is 8.51. The highest BCUT2D eigenvalue weighted by Crippen LogP contribution is 2.35. The Balaban J connectivity index is 1.74. The minimum atomic E-state index is -0.809. The summed E-state index contributed by atoms with van der Waals surface area (Å²) in [5, 5.41) is 0.896. The zero-order valence-electron chi connectivity index (χ0n) is 20.8. The molecule has 3 aromatic rings. The number of benzene rings is 2. The molecule has 3 heterocycles. The molecule has 0 N–H and O–H groups in total. The first-order valence-corrected chi connectivity index (χ1v) is 12.7. The molecule has 9 nitrogen and oxygen atoms in total. The minimum absolute atomic E-state index is 0.107. The van der Waals surface area contributed by atoms with Crippen molar-refractivity contribution in [3.05, 3.63) is 103 Å². The van der Waals surface area contributed by atoms with Crippen LogP contribution in [-0.2, 0) is 24.0 Å². The number of thiazole rings is 1. The van der Waals surface area contributed by atoms with E-state index in [-0.39, 0.29) is 22.3 Å². The molecule has 38 heavy (non-hydrogen) atoms. The van der Waals surface area contributed by atoms with Gasteiger partial charge in [0.25, 0.3) is 11.5 Å². The van der Waals surface area contributed by atoms with Crippen molar-refractivity contribution in [2.24, 2.45) is 4.99 Å². The molecule has 192 valence electrons. The molecule has 0 saturated carbocycles. The fourth-order valence-corrected chi connectivity index (χ4v) is 5.61. The Labute approximate surface area is 221 Å². The van der Waals surface area contributed by atoms with Crippen LogP contribution in [0.15, 0.2) is 81.7 Å². The molecule has 1 amide bonds. The molecule has 0 bridgehead atoms. The van der Waals surface area contributed by atoms with Gasteiger partial charge in [-0.25, -0.2) is 14.6 Å². The van der Waals surface area contributed by atoms with E-state index in [1.807, 2.05) is 36.4 Å². The first kappa shape index (κ1) is 25.1. The summed E-state index contributed by atoms with van der Waals surface area (Å²) in [6.07, 6.45) is 3.57. The van der Waals surface area contributed by atoms with Gasteiger partial charge in [0.2, 0.25) is 0 Å². The van der Waals surface area contributed by atoms with E-state index in [0.717, 1.165) is 22.0 Å². The SMILES string of the molecule is CCOC(=O)C1=C(C)N=c2s/c(=C3\C(=O)N(OC(C)=O)c4ccccc43)c(=O)n2[C@@H]1/C=C\c1ccccc1. The number of anilines is 1. The second-order valence-corrected chi connectivity index (χ2v) is 9.49. The van der Waals surface area contributed by atoms with Crippen molar-refractivity contribution < 1.29 is 24.0 Å². The van der Waals surface area contributed by atoms with E-state index >= 15 is 0 Å². The van der Waals surface area contributed by atoms with Crippen molar-refractivity contribution >= 4 is 46.5 Å². The normalized spacial score (nSPS) is 17.8. The van der Waals surface area contributed by atoms with Gasteiger partial charge < -0.3 is 9.57 Å². The number of aromatic nitrogens is 1. The van der Waals surface area contributed by atoms with Crippen molar-refractivity contribution in [1.82, 2.24) is 4.57 Å². The Morgan fingerprint density at radius 1 is 1.08 bits per heavy atom. The summed E-state index contributed by atoms with van der Waals surface area (Å²) in [6.45, 7) is 4.75. The van der Waals surface area contributed by atoms with Crippen LogP contribution in [0.5, 0.6) is 0 Å². The van der Waals surface area contributed by atoms with Gasteiger partial charge in [-0.3, -0.25) is 14.2 Å². The lowest BCUT2D eigenvalue weighted by Gasteiger charge is -2.21. The first-order valence-electron chi connectivity index (χ1n) is 11.9. The van der Waals surface area contributed by atoms with Crippen LogP contribution in [0.3, 0.4) is 0 Å². The standard InChI is InChI=1S/C28H23N3O6S/c1-4-36-27(35)22-16(2)29-28-30(21(22)15-14-18-10-6-5-7-11-18)26(34)24(38-28)23-19-12-8-9-13-20(19)31(25(23)33)37-17(3)32/h5-15,21H,4H2,1-3H3/b15-14-,24-23-/t21-/m1/s1. The third kappa shape index (κ3) is 4.28. The number of hydroxylamine groups is 1. The van der Waals surface area contributed by atoms with Crippen LogP contribution >= 0.6 is 11.3 Å². The Morgan fingerprint density at radius 3 is 2.50 bits per heavy atom. The zero-order valence-corrected chi connectivity index (χ0v) is 21.7. The van der Waals surface area contributed by atoms with Gasteiger partial charge in [-0.2, -0.15) is 0 Å². The number of hydrogen-bond donors (Lipinski definition) is 0. The van der Waals surface area contributed by atoms with E-state index in [1.165, 1.54) is 11.5 Å². The number of hydrogen-bond acceptors (Lipinski definition) is 8. The Hall–Kier alpha value is -4.57. The van der Waals surface area contributed by atoms with E-state index in [1.54, 1.807) is 44.2 Å². The Kier molecular flexibility index (Phi) is 6.64. The van der Waals surface area contributed by atoms with Gasteiger partial charge in [0.05, 0.1) is 35.2 Å². The number of carbonyl (C=O) groups excluding carboxylic acids is 3. The number of ether oxygens (including phenoxy) is 1. The van der Waals surface area contributed by atoms with Crippen LogP contribution in [0.1, 0.15) is 37.9 Å². The van der Waals surface area contributed by atoms with Gasteiger partial charge in [-0.05, 0) is 25.5 Å². The van der Waals surface area contributed by atoms with E-state index in [9.17, 15) is 19.2 Å². The number of carbonyl (C=O) groups is 3. The average molecular weight is 530 g/mol. The van der Waals surface area contributed by atoms with Crippen LogP contribution in [0, 0.1) is 0 Å². The molecule has 10 heteroatoms. The molecule has 0 unspecified atom stereocenters. The average Bonchev–Trinajstić information content (AvgIpc) is 3.35. The van der Waals surface area contributed by atoms with Crippen molar-refractivity contribution in [2.45, 2.75) is 26.8 Å². The molecular weight excluding hydrogens is 506 g/mol. The van der Waals surface area contributed by atoms with E-state index in [2.05, 4.69) is 4.99 Å². The summed E-state index contributed by atoms with van der Waals surface area (Å²) in [6, 6.07) is 15.4. The summed E-state index contributed by atoms with van der Waals surface area (Å²) in [7, 11) is 0. The minimum Gasteiger partial charge on any atom is -0.463 e. The molecule has 5 rings (SSSR count). The second kappa shape index (κ2) is 10.1. The van der Waals surface area contributed by atoms with Gasteiger partial charge in [-0.1, -0.05) is 72.0 Å². The zero-order chi connectivity index (χ0) is 27.0. The summed E-state index contributed by atoms with van der Waals surface area (Å²) in [5.74, 6) is -1.88. The number of allylic oxidation sites excluding steroid dienone is 2. The van der Waals surface area contributed by atoms with Gasteiger partial charge in [0.15, 0.2) is 4.80 Å². The summed E-state index contributed by atoms with van der Waals surface area (Å²) in [5.41, 5.74) is 1.97. The molecule has 2 aromatic carbocycles. The van der Waals surface area contributed by atoms with Crippen LogP contribution in [-0.4, -0.2) is 29.0 Å². The van der Waals surface area contributed by atoms with Gasteiger partial charge in [-0.15, -0.1) is 5.06 Å². The molecule has 0 aliphatic carbocycles. The fourth-order valence-electron chi connectivity index (χ4n) is 4.46. The number of fused-ring (bicyclic) bond motifs is 2. The monoisotopic (exact) mass is 529 g/mol. The number of para-hydroxylation sites is 1. The smallest absolute Gasteiger partial charge is 0.338 e. The van der Waals surface area contributed by atoms with Crippen molar-refractivity contribution in [3.8, 4) is 0 Å². The third-order valence-electron chi connectivity index (χ3n) is 6.04. The molecule has 1 atom stereocenters. The van der Waals surface area contributed by atoms with E-state index in [0.29, 0.717) is 21.7 Å². The van der Waals surface area contributed by atoms with E-state index < -0.39 is 29.4 Å². The van der Waals surface area contributed by atoms with Crippen LogP contribution in [0.25, 0.3) is 11.6 Å². The number of amides is 1. The number of nitrogens with zero attached hydrogens (tertiary/aromatic N) is 3. The number of rotatable bonds is 5. The molecule has 0 radical (unpaired) electrons. The predicted octanol–water partition coefficient (Wildman–Crippen LogP) is 2.66. The summed E-state index contributed by atoms with van der Waals surface area (Å²) >= 11 is 1.04. The maximum absolute atomic E-state index is 13.9. The maximum Gasteiger partial charge on any atom is 0.338 e. The fraction of sp³-hybridized carbons (Fsp3) is 0.179. The van der Waals surface area contributed by atoms with Crippen molar-refractivity contribution in [3.63, 3.8) is 0 Å². The quantitative estimate of drug-likeness (QED) is 0.471. The predicted molar refractivity (Wildman–Crippen MR) is 141 cm³/mol. The highest BCUT2D eigenvalue weighted by molar-refractivity contribution is 7.07. The van der Waals surface area contributed by atoms with Crippen molar-refractivity contribution in [1.29, 1.82) is 0 Å². The lowest BCUT2D eigenvalue weighted by atomic mass is 10.0. The maximum atomic E-state index is 13.9. The largest absolute Gasteiger partial charge is 0.463 e. The topological polar surface area (TPSA) is 107 Å². The lowest BCUT2D eigenvalue weighted by Crippen LogP contribution is -2.40. The first-order chi connectivity index (χ1) is 18.3. The van der Waals surface area contributed by atoms with Crippen LogP contribution in [0.4, 0.5) is 5.69 Å². The molecule has 0 saturated heterocycles. The van der Waals surface area contributed by atoms with Gasteiger partial charge >= 0.3 is 11.9 Å². The van der Waals surface area contributed by atoms with Crippen molar-refractivity contribution in [2.75, 3.05) is 11.7 Å². The molecule has 2 aliphatic rings. The number of esters is 1. The molecule has 1 aromatic heterocycles. The highest BCUT2D eigenvalue weighted by atomic mass is 32.1. The summed E-state index contributed by atoms with van der Waals surface area (Å²) < 4.78 is 6.82. The Morgan fingerprint density at radius 2 is 1.79 bits per heavy atom. The van der Waals surface area contributed by atoms with E-state index in [4.69, 9.17) is 9.57 Å². The van der Waals surface area contributed by atoms with Gasteiger partial charge in [0.1, 0.15) is 4.53 Å². The molecule has 0 spiro atoms.